The Morgan fingerprint density at radius 1 is 1.43 bits per heavy atom. The van der Waals surface area contributed by atoms with Gasteiger partial charge in [0, 0.05) is 26.2 Å². The molecule has 2 aliphatic heterocycles. The molecule has 1 N–H and O–H groups in total. The van der Waals surface area contributed by atoms with E-state index < -0.39 is 5.82 Å². The van der Waals surface area contributed by atoms with E-state index >= 15 is 0 Å². The highest BCUT2D eigenvalue weighted by atomic mass is 19.1. The van der Waals surface area contributed by atoms with Crippen LogP contribution >= 0.6 is 0 Å². The lowest BCUT2D eigenvalue weighted by molar-refractivity contribution is -0.126. The number of amides is 1. The molecule has 23 heavy (non-hydrogen) atoms. The van der Waals surface area contributed by atoms with Gasteiger partial charge in [-0.2, -0.15) is 0 Å². The number of morpholine rings is 1. The van der Waals surface area contributed by atoms with Gasteiger partial charge >= 0.3 is 0 Å². The van der Waals surface area contributed by atoms with Crippen LogP contribution in [0.25, 0.3) is 0 Å². The lowest BCUT2D eigenvalue weighted by atomic mass is 9.99. The Bertz CT molecular complexity index is 553. The quantitative estimate of drug-likeness (QED) is 0.815. The van der Waals surface area contributed by atoms with Crippen molar-refractivity contribution >= 4 is 11.9 Å². The summed E-state index contributed by atoms with van der Waals surface area (Å²) in [5, 5.41) is 2.97. The molecule has 1 aromatic heterocycles. The molecule has 126 valence electrons. The minimum Gasteiger partial charge on any atom is -0.370 e. The second-order valence-electron chi connectivity index (χ2n) is 6.34. The molecule has 1 aromatic rings. The third kappa shape index (κ3) is 3.76. The summed E-state index contributed by atoms with van der Waals surface area (Å²) in [6.07, 6.45) is 2.85. The zero-order valence-corrected chi connectivity index (χ0v) is 13.4. The van der Waals surface area contributed by atoms with Gasteiger partial charge in [-0.3, -0.25) is 4.79 Å². The van der Waals surface area contributed by atoms with Crippen molar-refractivity contribution < 1.29 is 13.9 Å². The molecule has 0 aromatic carbocycles. The highest BCUT2D eigenvalue weighted by Gasteiger charge is 2.45. The van der Waals surface area contributed by atoms with Crippen molar-refractivity contribution in [2.45, 2.75) is 18.6 Å². The molecule has 2 bridgehead atoms. The molecule has 8 heteroatoms. The summed E-state index contributed by atoms with van der Waals surface area (Å²) in [5.41, 5.74) is 0. The van der Waals surface area contributed by atoms with Crippen LogP contribution in [0.15, 0.2) is 12.4 Å². The van der Waals surface area contributed by atoms with Gasteiger partial charge in [-0.25, -0.2) is 14.4 Å². The van der Waals surface area contributed by atoms with Crippen LogP contribution in [0.4, 0.5) is 10.3 Å². The van der Waals surface area contributed by atoms with Crippen molar-refractivity contribution in [1.82, 2.24) is 20.2 Å². The van der Waals surface area contributed by atoms with Crippen molar-refractivity contribution in [1.29, 1.82) is 0 Å². The van der Waals surface area contributed by atoms with Crippen LogP contribution in [0.3, 0.4) is 0 Å². The molecule has 2 aliphatic rings. The Hall–Kier alpha value is -1.80. The molecule has 0 unspecified atom stereocenters. The van der Waals surface area contributed by atoms with Gasteiger partial charge in [0.15, 0.2) is 5.82 Å². The van der Waals surface area contributed by atoms with Crippen molar-refractivity contribution in [3.8, 4) is 0 Å². The summed E-state index contributed by atoms with van der Waals surface area (Å²) >= 11 is 0. The topological polar surface area (TPSA) is 70.6 Å². The molecule has 0 saturated carbocycles. The molecule has 3 rings (SSSR count). The van der Waals surface area contributed by atoms with Crippen molar-refractivity contribution in [3.05, 3.63) is 18.2 Å². The minimum atomic E-state index is -0.455. The predicted molar refractivity (Wildman–Crippen MR) is 82.5 cm³/mol. The van der Waals surface area contributed by atoms with E-state index in [1.807, 2.05) is 23.9 Å². The summed E-state index contributed by atoms with van der Waals surface area (Å²) in [6, 6.07) is 0. The number of anilines is 1. The van der Waals surface area contributed by atoms with Crippen LogP contribution in [-0.2, 0) is 9.53 Å². The van der Waals surface area contributed by atoms with E-state index in [-0.39, 0.29) is 24.0 Å². The van der Waals surface area contributed by atoms with Gasteiger partial charge in [0.2, 0.25) is 11.9 Å². The second kappa shape index (κ2) is 6.76. The fourth-order valence-electron chi connectivity index (χ4n) is 3.10. The predicted octanol–water partition coefficient (Wildman–Crippen LogP) is -0.113. The third-order valence-corrected chi connectivity index (χ3v) is 4.24. The molecule has 1 amide bonds. The van der Waals surface area contributed by atoms with Crippen LogP contribution in [-0.4, -0.2) is 73.3 Å². The summed E-state index contributed by atoms with van der Waals surface area (Å²) < 4.78 is 18.8. The smallest absolute Gasteiger partial charge is 0.225 e. The number of hydrogen-bond acceptors (Lipinski definition) is 6. The van der Waals surface area contributed by atoms with E-state index in [1.54, 1.807) is 0 Å². The van der Waals surface area contributed by atoms with Crippen LogP contribution in [0.2, 0.25) is 0 Å². The largest absolute Gasteiger partial charge is 0.370 e. The van der Waals surface area contributed by atoms with E-state index in [2.05, 4.69) is 15.3 Å². The molecule has 7 nitrogen and oxygen atoms in total. The molecule has 2 saturated heterocycles. The zero-order chi connectivity index (χ0) is 16.4. The average molecular weight is 323 g/mol. The molecule has 0 spiro atoms. The molecule has 0 radical (unpaired) electrons. The maximum absolute atomic E-state index is 12.9. The molecule has 3 heterocycles. The van der Waals surface area contributed by atoms with Crippen LogP contribution in [0.5, 0.6) is 0 Å². The number of carbonyl (C=O) groups is 1. The van der Waals surface area contributed by atoms with Crippen LogP contribution in [0, 0.1) is 11.7 Å². The van der Waals surface area contributed by atoms with E-state index in [4.69, 9.17) is 4.74 Å². The highest BCUT2D eigenvalue weighted by Crippen LogP contribution is 2.33. The van der Waals surface area contributed by atoms with Crippen molar-refractivity contribution in [2.75, 3.05) is 45.2 Å². The Morgan fingerprint density at radius 3 is 2.87 bits per heavy atom. The first kappa shape index (κ1) is 16.1. The third-order valence-electron chi connectivity index (χ3n) is 4.24. The SMILES string of the molecule is CN(C)CCNC(=O)[C@H]1C[C@H]2CN(c3ncc(F)cn3)C[C@H]1O2. The normalized spacial score (nSPS) is 26.6. The number of likely N-dealkylation sites (N-methyl/N-ethyl adjacent to an activating group) is 1. The number of hydrogen-bond donors (Lipinski definition) is 1. The van der Waals surface area contributed by atoms with Crippen molar-refractivity contribution in [2.24, 2.45) is 5.92 Å². The minimum absolute atomic E-state index is 0.00741. The monoisotopic (exact) mass is 323 g/mol. The summed E-state index contributed by atoms with van der Waals surface area (Å²) in [6.45, 7) is 2.62. The van der Waals surface area contributed by atoms with E-state index in [9.17, 15) is 9.18 Å². The Kier molecular flexibility index (Phi) is 4.72. The first-order chi connectivity index (χ1) is 11.0. The number of halogens is 1. The van der Waals surface area contributed by atoms with Gasteiger partial charge in [-0.05, 0) is 20.5 Å². The highest BCUT2D eigenvalue weighted by molar-refractivity contribution is 5.79. The van der Waals surface area contributed by atoms with Crippen molar-refractivity contribution in [3.63, 3.8) is 0 Å². The maximum Gasteiger partial charge on any atom is 0.225 e. The molecular formula is C15H22FN5O2. The molecule has 3 atom stereocenters. The zero-order valence-electron chi connectivity index (χ0n) is 13.4. The number of aromatic nitrogens is 2. The summed E-state index contributed by atoms with van der Waals surface area (Å²) in [4.78, 5) is 24.4. The number of nitrogens with one attached hydrogen (secondary N) is 1. The van der Waals surface area contributed by atoms with Crippen LogP contribution in [0.1, 0.15) is 6.42 Å². The lowest BCUT2D eigenvalue weighted by Gasteiger charge is -2.32. The molecule has 2 fully saturated rings. The second-order valence-corrected chi connectivity index (χ2v) is 6.34. The fourth-order valence-corrected chi connectivity index (χ4v) is 3.10. The number of nitrogens with zero attached hydrogens (tertiary/aromatic N) is 4. The number of ether oxygens (including phenoxy) is 1. The number of fused-ring (bicyclic) bond motifs is 2. The van der Waals surface area contributed by atoms with Gasteiger partial charge in [0.1, 0.15) is 0 Å². The Labute approximate surface area is 134 Å². The average Bonchev–Trinajstić information content (AvgIpc) is 2.82. The summed E-state index contributed by atoms with van der Waals surface area (Å²) in [5.74, 6) is -0.0738. The lowest BCUT2D eigenvalue weighted by Crippen LogP contribution is -2.46. The number of carbonyl (C=O) groups excluding carboxylic acids is 1. The summed E-state index contributed by atoms with van der Waals surface area (Å²) in [7, 11) is 3.94. The Morgan fingerprint density at radius 2 is 2.17 bits per heavy atom. The number of rotatable bonds is 5. The van der Waals surface area contributed by atoms with E-state index in [0.29, 0.717) is 32.0 Å². The van der Waals surface area contributed by atoms with Gasteiger partial charge < -0.3 is 19.9 Å². The first-order valence-corrected chi connectivity index (χ1v) is 7.83. The van der Waals surface area contributed by atoms with Gasteiger partial charge in [0.05, 0.1) is 30.5 Å². The van der Waals surface area contributed by atoms with Gasteiger partial charge in [-0.15, -0.1) is 0 Å². The first-order valence-electron chi connectivity index (χ1n) is 7.83. The molecule has 0 aliphatic carbocycles. The van der Waals surface area contributed by atoms with E-state index in [1.165, 1.54) is 0 Å². The fraction of sp³-hybridized carbons (Fsp3) is 0.667. The van der Waals surface area contributed by atoms with Gasteiger partial charge in [-0.1, -0.05) is 0 Å². The Balaban J connectivity index is 1.59. The van der Waals surface area contributed by atoms with Gasteiger partial charge in [0.25, 0.3) is 0 Å². The van der Waals surface area contributed by atoms with E-state index in [0.717, 1.165) is 18.9 Å². The molecular weight excluding hydrogens is 301 g/mol. The standard InChI is InChI=1S/C15H22FN5O2/c1-20(2)4-3-17-14(22)12-5-11-8-21(9-13(12)23-11)15-18-6-10(16)7-19-15/h6-7,11-13H,3-5,8-9H2,1-2H3,(H,17,22)/t11-,12-,13+/m0/s1. The van der Waals surface area contributed by atoms with Crippen LogP contribution < -0.4 is 10.2 Å². The maximum atomic E-state index is 12.9.